The van der Waals surface area contributed by atoms with Gasteiger partial charge in [-0.2, -0.15) is 5.26 Å². The highest BCUT2D eigenvalue weighted by Gasteiger charge is 2.27. The molecule has 0 aliphatic heterocycles. The fourth-order valence-corrected chi connectivity index (χ4v) is 2.58. The predicted molar refractivity (Wildman–Crippen MR) is 81.6 cm³/mol. The quantitative estimate of drug-likeness (QED) is 0.779. The Kier molecular flexibility index (Phi) is 3.17. The summed E-state index contributed by atoms with van der Waals surface area (Å²) in [5, 5.41) is 22.0. The molecule has 3 rings (SSSR count). The van der Waals surface area contributed by atoms with Gasteiger partial charge in [0.2, 0.25) is 0 Å². The second kappa shape index (κ2) is 5.01. The van der Waals surface area contributed by atoms with E-state index >= 15 is 0 Å². The maximum atomic E-state index is 11.0. The lowest BCUT2D eigenvalue weighted by atomic mass is 9.85. The third kappa shape index (κ3) is 2.26. The smallest absolute Gasteiger partial charge is 0.112 e. The number of hydrogen-bond donors (Lipinski definition) is 1. The Hall–Kier alpha value is -2.70. The van der Waals surface area contributed by atoms with E-state index in [1.54, 1.807) is 37.5 Å². The van der Waals surface area contributed by atoms with E-state index in [1.165, 1.54) is 0 Å². The van der Waals surface area contributed by atoms with E-state index in [-0.39, 0.29) is 0 Å². The molecule has 1 heterocycles. The van der Waals surface area contributed by atoms with Crippen molar-refractivity contribution in [2.75, 3.05) is 0 Å². The molecule has 0 radical (unpaired) electrons. The maximum Gasteiger partial charge on any atom is 0.112 e. The number of aromatic nitrogens is 1. The summed E-state index contributed by atoms with van der Waals surface area (Å²) in [5.41, 5.74) is 0.822. The Morgan fingerprint density at radius 3 is 2.76 bits per heavy atom. The van der Waals surface area contributed by atoms with Crippen molar-refractivity contribution < 1.29 is 5.11 Å². The van der Waals surface area contributed by atoms with E-state index in [2.05, 4.69) is 11.1 Å². The topological polar surface area (TPSA) is 56.9 Å². The molecule has 2 aromatic carbocycles. The van der Waals surface area contributed by atoms with Gasteiger partial charge < -0.3 is 5.11 Å². The van der Waals surface area contributed by atoms with Gasteiger partial charge in [-0.15, -0.1) is 0 Å². The summed E-state index contributed by atoms with van der Waals surface area (Å²) in [6.07, 6.45) is 3.49. The molecule has 1 aromatic heterocycles. The fourth-order valence-electron chi connectivity index (χ4n) is 2.58. The Morgan fingerprint density at radius 2 is 1.95 bits per heavy atom. The van der Waals surface area contributed by atoms with Gasteiger partial charge in [-0.05, 0) is 41.6 Å². The van der Waals surface area contributed by atoms with Crippen molar-refractivity contribution in [1.82, 2.24) is 4.98 Å². The summed E-state index contributed by atoms with van der Waals surface area (Å²) in [6, 6.07) is 16.9. The zero-order valence-electron chi connectivity index (χ0n) is 11.6. The molecule has 3 aromatic rings. The Morgan fingerprint density at radius 1 is 1.14 bits per heavy atom. The van der Waals surface area contributed by atoms with Crippen LogP contribution in [0.15, 0.2) is 60.9 Å². The first-order chi connectivity index (χ1) is 10.1. The van der Waals surface area contributed by atoms with Crippen LogP contribution < -0.4 is 0 Å². The molecule has 0 spiro atoms. The van der Waals surface area contributed by atoms with E-state index in [1.807, 2.05) is 30.3 Å². The molecule has 0 amide bonds. The van der Waals surface area contributed by atoms with E-state index < -0.39 is 5.60 Å². The van der Waals surface area contributed by atoms with Crippen LogP contribution in [0.4, 0.5) is 0 Å². The van der Waals surface area contributed by atoms with Crippen LogP contribution in [-0.4, -0.2) is 10.1 Å². The summed E-state index contributed by atoms with van der Waals surface area (Å²) < 4.78 is 0. The van der Waals surface area contributed by atoms with Crippen LogP contribution in [-0.2, 0) is 5.60 Å². The second-order valence-electron chi connectivity index (χ2n) is 5.17. The molecule has 0 fully saturated rings. The lowest BCUT2D eigenvalue weighted by Crippen LogP contribution is -2.23. The first kappa shape index (κ1) is 13.3. The van der Waals surface area contributed by atoms with Gasteiger partial charge in [0, 0.05) is 17.8 Å². The van der Waals surface area contributed by atoms with Crippen molar-refractivity contribution in [1.29, 1.82) is 5.26 Å². The first-order valence-electron chi connectivity index (χ1n) is 6.69. The van der Waals surface area contributed by atoms with Crippen molar-refractivity contribution in [3.63, 3.8) is 0 Å². The van der Waals surface area contributed by atoms with Crippen LogP contribution in [0.2, 0.25) is 0 Å². The van der Waals surface area contributed by atoms with Gasteiger partial charge in [0.1, 0.15) is 5.60 Å². The third-order valence-corrected chi connectivity index (χ3v) is 3.76. The Balaban J connectivity index is 2.22. The molecule has 0 saturated carbocycles. The van der Waals surface area contributed by atoms with Crippen LogP contribution in [0, 0.1) is 11.3 Å². The van der Waals surface area contributed by atoms with E-state index in [0.717, 1.165) is 16.3 Å². The highest BCUT2D eigenvalue weighted by molar-refractivity contribution is 5.86. The standard InChI is InChI=1S/C18H14N2O/c1-18(21,15-6-2-4-13(10-15)11-19)17-7-3-5-14-8-9-20-12-16(14)17/h2-10,12,21H,1H3. The van der Waals surface area contributed by atoms with Gasteiger partial charge in [-0.1, -0.05) is 30.3 Å². The SMILES string of the molecule is CC(O)(c1cccc(C#N)c1)c1cccc2ccncc12. The zero-order chi connectivity index (χ0) is 14.9. The van der Waals surface area contributed by atoms with Crippen LogP contribution in [0.3, 0.4) is 0 Å². The number of benzene rings is 2. The van der Waals surface area contributed by atoms with Crippen LogP contribution >= 0.6 is 0 Å². The molecule has 3 heteroatoms. The highest BCUT2D eigenvalue weighted by Crippen LogP contribution is 2.34. The molecule has 21 heavy (non-hydrogen) atoms. The maximum absolute atomic E-state index is 11.0. The number of nitriles is 1. The van der Waals surface area contributed by atoms with Crippen molar-refractivity contribution in [3.8, 4) is 6.07 Å². The largest absolute Gasteiger partial charge is 0.381 e. The fraction of sp³-hybridized carbons (Fsp3) is 0.111. The minimum atomic E-state index is -1.19. The van der Waals surface area contributed by atoms with Crippen molar-refractivity contribution in [2.24, 2.45) is 0 Å². The molecule has 0 aliphatic rings. The van der Waals surface area contributed by atoms with Crippen LogP contribution in [0.5, 0.6) is 0 Å². The van der Waals surface area contributed by atoms with E-state index in [4.69, 9.17) is 5.26 Å². The number of fused-ring (bicyclic) bond motifs is 1. The van der Waals surface area contributed by atoms with Gasteiger partial charge in [0.05, 0.1) is 11.6 Å². The average Bonchev–Trinajstić information content (AvgIpc) is 2.54. The number of aliphatic hydroxyl groups is 1. The minimum Gasteiger partial charge on any atom is -0.381 e. The van der Waals surface area contributed by atoms with Crippen molar-refractivity contribution in [2.45, 2.75) is 12.5 Å². The Labute approximate surface area is 123 Å². The van der Waals surface area contributed by atoms with Crippen LogP contribution in [0.1, 0.15) is 23.6 Å². The van der Waals surface area contributed by atoms with Gasteiger partial charge in [0.15, 0.2) is 0 Å². The van der Waals surface area contributed by atoms with Crippen molar-refractivity contribution in [3.05, 3.63) is 77.6 Å². The predicted octanol–water partition coefficient (Wildman–Crippen LogP) is 3.36. The number of pyridine rings is 1. The zero-order valence-corrected chi connectivity index (χ0v) is 11.6. The molecule has 0 bridgehead atoms. The lowest BCUT2D eigenvalue weighted by Gasteiger charge is -2.26. The molecule has 0 saturated heterocycles. The third-order valence-electron chi connectivity index (χ3n) is 3.76. The monoisotopic (exact) mass is 274 g/mol. The summed E-state index contributed by atoms with van der Waals surface area (Å²) in [7, 11) is 0. The molecule has 1 unspecified atom stereocenters. The van der Waals surface area contributed by atoms with Crippen molar-refractivity contribution >= 4 is 10.8 Å². The van der Waals surface area contributed by atoms with Gasteiger partial charge in [-0.25, -0.2) is 0 Å². The Bertz CT molecular complexity index is 842. The molecule has 1 atom stereocenters. The number of nitrogens with zero attached hydrogens (tertiary/aromatic N) is 2. The second-order valence-corrected chi connectivity index (χ2v) is 5.17. The lowest BCUT2D eigenvalue weighted by molar-refractivity contribution is 0.104. The number of rotatable bonds is 2. The highest BCUT2D eigenvalue weighted by atomic mass is 16.3. The molecule has 3 nitrogen and oxygen atoms in total. The molecule has 0 aliphatic carbocycles. The summed E-state index contributed by atoms with van der Waals surface area (Å²) >= 11 is 0. The average molecular weight is 274 g/mol. The number of hydrogen-bond acceptors (Lipinski definition) is 3. The summed E-state index contributed by atoms with van der Waals surface area (Å²) in [4.78, 5) is 4.15. The van der Waals surface area contributed by atoms with Gasteiger partial charge >= 0.3 is 0 Å². The molecular weight excluding hydrogens is 260 g/mol. The minimum absolute atomic E-state index is 0.533. The summed E-state index contributed by atoms with van der Waals surface area (Å²) in [5.74, 6) is 0. The van der Waals surface area contributed by atoms with Gasteiger partial charge in [0.25, 0.3) is 0 Å². The van der Waals surface area contributed by atoms with Crippen LogP contribution in [0.25, 0.3) is 10.8 Å². The first-order valence-corrected chi connectivity index (χ1v) is 6.69. The summed E-state index contributed by atoms with van der Waals surface area (Å²) in [6.45, 7) is 1.74. The van der Waals surface area contributed by atoms with E-state index in [0.29, 0.717) is 11.1 Å². The molecule has 102 valence electrons. The molecular formula is C18H14N2O. The van der Waals surface area contributed by atoms with Gasteiger partial charge in [-0.3, -0.25) is 4.98 Å². The van der Waals surface area contributed by atoms with E-state index in [9.17, 15) is 5.11 Å². The normalized spacial score (nSPS) is 13.6. The molecule has 1 N–H and O–H groups in total.